The van der Waals surface area contributed by atoms with Gasteiger partial charge in [0.05, 0.1) is 12.4 Å². The Kier molecular flexibility index (Phi) is 7.94. The van der Waals surface area contributed by atoms with Crippen LogP contribution in [0.5, 0.6) is 0 Å². The van der Waals surface area contributed by atoms with E-state index in [1.807, 2.05) is 12.1 Å². The van der Waals surface area contributed by atoms with Crippen molar-refractivity contribution in [1.29, 1.82) is 0 Å². The Balaban J connectivity index is 0.934. The van der Waals surface area contributed by atoms with Gasteiger partial charge in [-0.15, -0.1) is 0 Å². The predicted molar refractivity (Wildman–Crippen MR) is 249 cm³/mol. The van der Waals surface area contributed by atoms with Crippen LogP contribution in [0.2, 0.25) is 0 Å². The van der Waals surface area contributed by atoms with E-state index in [1.165, 1.54) is 83.1 Å². The molecule has 10 aromatic rings. The van der Waals surface area contributed by atoms with E-state index in [0.717, 1.165) is 17.1 Å². The number of para-hydroxylation sites is 2. The van der Waals surface area contributed by atoms with Crippen molar-refractivity contribution in [3.8, 4) is 50.2 Å². The summed E-state index contributed by atoms with van der Waals surface area (Å²) in [6, 6.07) is 77.0. The van der Waals surface area contributed by atoms with Crippen LogP contribution in [-0.4, -0.2) is 4.57 Å². The third kappa shape index (κ3) is 5.87. The molecule has 0 atom stereocenters. The second-order valence-electron chi connectivity index (χ2n) is 16.1. The first-order valence-corrected chi connectivity index (χ1v) is 20.4. The van der Waals surface area contributed by atoms with Crippen molar-refractivity contribution in [1.82, 2.24) is 4.57 Å². The highest BCUT2D eigenvalue weighted by Crippen LogP contribution is 2.50. The lowest BCUT2D eigenvalue weighted by atomic mass is 9.82. The molecule has 1 aromatic heterocycles. The van der Waals surface area contributed by atoms with Crippen molar-refractivity contribution in [3.63, 3.8) is 0 Å². The quantitative estimate of drug-likeness (QED) is 0.157. The van der Waals surface area contributed by atoms with Gasteiger partial charge in [0, 0.05) is 38.9 Å². The zero-order valence-corrected chi connectivity index (χ0v) is 33.1. The van der Waals surface area contributed by atoms with Crippen LogP contribution in [0.4, 0.5) is 17.1 Å². The van der Waals surface area contributed by atoms with Gasteiger partial charge in [-0.1, -0.05) is 165 Å². The van der Waals surface area contributed by atoms with Crippen molar-refractivity contribution < 1.29 is 1.37 Å². The molecule has 2 nitrogen and oxygen atoms in total. The molecule has 0 spiro atoms. The first kappa shape index (κ1) is 33.7. The fraction of sp³-hybridized carbons (Fsp3) is 0.0526. The Labute approximate surface area is 347 Å². The molecule has 1 aliphatic carbocycles. The summed E-state index contributed by atoms with van der Waals surface area (Å²) >= 11 is 0. The molecular weight excluding hydrogens is 713 g/mol. The normalized spacial score (nSPS) is 12.9. The van der Waals surface area contributed by atoms with E-state index in [9.17, 15) is 0 Å². The van der Waals surface area contributed by atoms with Gasteiger partial charge in [0.25, 0.3) is 0 Å². The van der Waals surface area contributed by atoms with Crippen LogP contribution in [0.3, 0.4) is 0 Å². The molecule has 59 heavy (non-hydrogen) atoms. The lowest BCUT2D eigenvalue weighted by molar-refractivity contribution is 0.660. The van der Waals surface area contributed by atoms with E-state index in [4.69, 9.17) is 1.37 Å². The minimum Gasteiger partial charge on any atom is -0.310 e. The van der Waals surface area contributed by atoms with Crippen molar-refractivity contribution in [2.24, 2.45) is 0 Å². The Morgan fingerprint density at radius 2 is 0.898 bits per heavy atom. The highest BCUT2D eigenvalue weighted by Gasteiger charge is 2.35. The van der Waals surface area contributed by atoms with Gasteiger partial charge in [-0.25, -0.2) is 0 Å². The monoisotopic (exact) mass is 755 g/mol. The zero-order valence-electron chi connectivity index (χ0n) is 34.1. The van der Waals surface area contributed by atoms with Crippen LogP contribution in [0, 0.1) is 0 Å². The molecule has 11 rings (SSSR count). The summed E-state index contributed by atoms with van der Waals surface area (Å²) in [7, 11) is 0. The van der Waals surface area contributed by atoms with Crippen LogP contribution in [0.15, 0.2) is 218 Å². The molecule has 9 aromatic carbocycles. The van der Waals surface area contributed by atoms with E-state index in [1.54, 1.807) is 0 Å². The van der Waals surface area contributed by atoms with Gasteiger partial charge in [-0.05, 0) is 122 Å². The number of aromatic nitrogens is 1. The fourth-order valence-corrected chi connectivity index (χ4v) is 9.30. The minimum atomic E-state index is -0.219. The van der Waals surface area contributed by atoms with E-state index < -0.39 is 0 Å². The molecule has 1 heterocycles. The first-order valence-electron chi connectivity index (χ1n) is 20.9. The summed E-state index contributed by atoms with van der Waals surface area (Å²) in [5.41, 5.74) is 18.8. The van der Waals surface area contributed by atoms with Gasteiger partial charge >= 0.3 is 0 Å². The van der Waals surface area contributed by atoms with E-state index in [0.29, 0.717) is 6.04 Å². The molecule has 0 bridgehead atoms. The Morgan fingerprint density at radius 3 is 1.58 bits per heavy atom. The van der Waals surface area contributed by atoms with E-state index in [2.05, 4.69) is 224 Å². The van der Waals surface area contributed by atoms with Crippen molar-refractivity contribution in [3.05, 3.63) is 229 Å². The van der Waals surface area contributed by atoms with E-state index >= 15 is 0 Å². The molecule has 0 fully saturated rings. The number of fused-ring (bicyclic) bond motifs is 6. The van der Waals surface area contributed by atoms with Gasteiger partial charge in [0.15, 0.2) is 0 Å². The SMILES string of the molecule is [2H]c1ccc2c(c1)C(C)(C)c1cc(N(c3ccc(-c4ccccc4)cc3)c3ccc(-c4ccc(-c5ccc6c(c5)c5ccccc5n6-c5ccccc5)cc4)cc3)ccc1-2. The van der Waals surface area contributed by atoms with Crippen molar-refractivity contribution in [2.45, 2.75) is 19.3 Å². The second-order valence-corrected chi connectivity index (χ2v) is 16.1. The van der Waals surface area contributed by atoms with Crippen LogP contribution in [0.1, 0.15) is 26.3 Å². The summed E-state index contributed by atoms with van der Waals surface area (Å²) in [5, 5.41) is 2.51. The smallest absolute Gasteiger partial charge is 0.0623 e. The summed E-state index contributed by atoms with van der Waals surface area (Å²) in [6.45, 7) is 4.56. The third-order valence-corrected chi connectivity index (χ3v) is 12.4. The molecule has 0 saturated carbocycles. The van der Waals surface area contributed by atoms with E-state index in [-0.39, 0.29) is 5.41 Å². The number of hydrogen-bond acceptors (Lipinski definition) is 1. The predicted octanol–water partition coefficient (Wildman–Crippen LogP) is 15.6. The molecule has 0 N–H and O–H groups in total. The van der Waals surface area contributed by atoms with Crippen LogP contribution in [-0.2, 0) is 5.41 Å². The summed E-state index contributed by atoms with van der Waals surface area (Å²) in [5.74, 6) is 0. The molecule has 0 radical (unpaired) electrons. The van der Waals surface area contributed by atoms with Gasteiger partial charge < -0.3 is 9.47 Å². The Bertz CT molecular complexity index is 3200. The largest absolute Gasteiger partial charge is 0.310 e. The topological polar surface area (TPSA) is 8.17 Å². The third-order valence-electron chi connectivity index (χ3n) is 12.4. The molecular formula is C57H42N2. The van der Waals surface area contributed by atoms with Gasteiger partial charge in [0.2, 0.25) is 0 Å². The highest BCUT2D eigenvalue weighted by molar-refractivity contribution is 6.10. The van der Waals surface area contributed by atoms with Crippen LogP contribution >= 0.6 is 0 Å². The maximum atomic E-state index is 8.36. The average Bonchev–Trinajstić information content (AvgIpc) is 3.75. The molecule has 0 unspecified atom stereocenters. The summed E-state index contributed by atoms with van der Waals surface area (Å²) in [6.07, 6.45) is 0. The summed E-state index contributed by atoms with van der Waals surface area (Å²) < 4.78 is 10.7. The van der Waals surface area contributed by atoms with Crippen LogP contribution < -0.4 is 4.90 Å². The Hall–Kier alpha value is -7.42. The number of nitrogens with zero attached hydrogens (tertiary/aromatic N) is 2. The van der Waals surface area contributed by atoms with Crippen molar-refractivity contribution >= 4 is 38.9 Å². The molecule has 0 saturated heterocycles. The molecule has 0 aliphatic heterocycles. The van der Waals surface area contributed by atoms with Crippen LogP contribution in [0.25, 0.3) is 72.0 Å². The second kappa shape index (κ2) is 13.9. The number of rotatable bonds is 7. The lowest BCUT2D eigenvalue weighted by Crippen LogP contribution is -2.16. The molecule has 1 aliphatic rings. The highest BCUT2D eigenvalue weighted by atomic mass is 15.1. The minimum absolute atomic E-state index is 0.219. The maximum Gasteiger partial charge on any atom is 0.0623 e. The van der Waals surface area contributed by atoms with Gasteiger partial charge in [-0.2, -0.15) is 0 Å². The fourth-order valence-electron chi connectivity index (χ4n) is 9.30. The average molecular weight is 756 g/mol. The summed E-state index contributed by atoms with van der Waals surface area (Å²) in [4.78, 5) is 2.36. The first-order chi connectivity index (χ1) is 29.4. The number of benzene rings is 9. The Morgan fingerprint density at radius 1 is 0.390 bits per heavy atom. The molecule has 2 heteroatoms. The lowest BCUT2D eigenvalue weighted by Gasteiger charge is -2.28. The van der Waals surface area contributed by atoms with Gasteiger partial charge in [0.1, 0.15) is 0 Å². The van der Waals surface area contributed by atoms with Gasteiger partial charge in [-0.3, -0.25) is 0 Å². The number of anilines is 3. The number of hydrogen-bond donors (Lipinski definition) is 0. The molecule has 0 amide bonds. The standard InChI is InChI=1S/C57H42N2/c1-57(2)53-19-11-9-17-49(53)50-35-34-48(38-54(50)57)58(46-30-25-41(26-31-46)39-13-5-3-6-14-39)47-32-27-42(28-33-47)40-21-23-43(24-22-40)44-29-36-56-52(37-44)51-18-10-12-20-55(51)59(56)45-15-7-4-8-16-45/h3-38H,1-2H3/i11D. The maximum absolute atomic E-state index is 8.36. The van der Waals surface area contributed by atoms with Crippen molar-refractivity contribution in [2.75, 3.05) is 4.90 Å². The molecule has 280 valence electrons. The zero-order chi connectivity index (χ0) is 40.4.